The Morgan fingerprint density at radius 2 is 2.10 bits per heavy atom. The average Bonchev–Trinajstić information content (AvgIpc) is 3.22. The topological polar surface area (TPSA) is 107 Å². The van der Waals surface area contributed by atoms with E-state index in [0.29, 0.717) is 40.8 Å². The maximum absolute atomic E-state index is 14.0. The molecule has 10 heteroatoms. The maximum Gasteiger partial charge on any atom is 0.323 e. The van der Waals surface area contributed by atoms with Gasteiger partial charge in [-0.2, -0.15) is 0 Å². The van der Waals surface area contributed by atoms with Gasteiger partial charge in [-0.05, 0) is 43.2 Å². The Bertz CT molecular complexity index is 1370. The van der Waals surface area contributed by atoms with Crippen LogP contribution >= 0.6 is 0 Å². The van der Waals surface area contributed by atoms with E-state index in [9.17, 15) is 22.7 Å². The number of aromatic nitrogens is 3. The second-order valence-electron chi connectivity index (χ2n) is 7.40. The van der Waals surface area contributed by atoms with E-state index in [2.05, 4.69) is 9.98 Å². The number of carbonyl (C=O) groups is 1. The van der Waals surface area contributed by atoms with Crippen LogP contribution < -0.4 is 0 Å². The molecular weight excluding hydrogens is 423 g/mol. The Morgan fingerprint density at radius 1 is 1.32 bits per heavy atom. The first-order valence-corrected chi connectivity index (χ1v) is 11.1. The molecule has 1 aliphatic rings. The van der Waals surface area contributed by atoms with Crippen LogP contribution in [0.4, 0.5) is 4.39 Å². The number of carboxylic acid groups (broad SMARTS) is 1. The molecule has 4 rings (SSSR count). The first-order chi connectivity index (χ1) is 14.7. The summed E-state index contributed by atoms with van der Waals surface area (Å²) in [5.41, 5.74) is 2.27. The number of dihydropyridines is 1. The smallest absolute Gasteiger partial charge is 0.323 e. The number of aryl methyl sites for hydroxylation is 1. The summed E-state index contributed by atoms with van der Waals surface area (Å²) in [5, 5.41) is 9.71. The van der Waals surface area contributed by atoms with Crippen molar-refractivity contribution in [1.82, 2.24) is 14.1 Å². The number of nitrogens with zero attached hydrogens (tertiary/aromatic N) is 4. The van der Waals surface area contributed by atoms with Crippen molar-refractivity contribution in [1.29, 1.82) is 0 Å². The van der Waals surface area contributed by atoms with Crippen LogP contribution in [-0.4, -0.2) is 45.2 Å². The minimum absolute atomic E-state index is 0.0326. The monoisotopic (exact) mass is 444 g/mol. The molecule has 3 aromatic rings. The molecule has 31 heavy (non-hydrogen) atoms. The molecule has 162 valence electrons. The molecule has 0 amide bonds. The molecule has 0 unspecified atom stereocenters. The normalized spacial score (nSPS) is 14.2. The first-order valence-electron chi connectivity index (χ1n) is 9.65. The fourth-order valence-corrected chi connectivity index (χ4v) is 5.32. The van der Waals surface area contributed by atoms with E-state index in [-0.39, 0.29) is 23.0 Å². The Hall–Kier alpha value is -3.27. The summed E-state index contributed by atoms with van der Waals surface area (Å²) in [6.45, 7) is 1.86. The summed E-state index contributed by atoms with van der Waals surface area (Å²) in [4.78, 5) is 19.6. The minimum Gasteiger partial charge on any atom is -0.480 e. The van der Waals surface area contributed by atoms with Crippen LogP contribution in [0.3, 0.4) is 0 Å². The zero-order chi connectivity index (χ0) is 22.3. The van der Waals surface area contributed by atoms with E-state index in [1.165, 1.54) is 30.6 Å². The largest absolute Gasteiger partial charge is 0.480 e. The van der Waals surface area contributed by atoms with E-state index in [4.69, 9.17) is 0 Å². The van der Waals surface area contributed by atoms with Crippen LogP contribution in [0, 0.1) is 12.7 Å². The van der Waals surface area contributed by atoms with Gasteiger partial charge in [0.1, 0.15) is 12.4 Å². The minimum atomic E-state index is -3.92. The molecule has 1 aromatic carbocycles. The molecule has 1 N–H and O–H groups in total. The van der Waals surface area contributed by atoms with Gasteiger partial charge in [0.2, 0.25) is 9.84 Å². The molecule has 0 fully saturated rings. The predicted octanol–water partition coefficient (Wildman–Crippen LogP) is 2.63. The van der Waals surface area contributed by atoms with Gasteiger partial charge in [0.05, 0.1) is 12.0 Å². The highest BCUT2D eigenvalue weighted by Gasteiger charge is 2.29. The molecular formula is C21H21FN4O4S. The fourth-order valence-electron chi connectivity index (χ4n) is 3.87. The molecule has 8 nitrogen and oxygen atoms in total. The quantitative estimate of drug-likeness (QED) is 0.651. The number of sulfone groups is 1. The van der Waals surface area contributed by atoms with Gasteiger partial charge in [0.25, 0.3) is 0 Å². The molecule has 0 aliphatic carbocycles. The molecule has 2 aromatic heterocycles. The second kappa shape index (κ2) is 7.77. The lowest BCUT2D eigenvalue weighted by atomic mass is 10.1. The Balaban J connectivity index is 1.86. The van der Waals surface area contributed by atoms with Gasteiger partial charge in [-0.3, -0.25) is 9.79 Å². The third-order valence-electron chi connectivity index (χ3n) is 5.43. The highest BCUT2D eigenvalue weighted by molar-refractivity contribution is 8.06. The SMILES string of the molecule is Cc1c(Cc2c(S(=O)(=O)C3=NCCC=C3)ncn2C)c2cc(F)ccc2n1CC(=O)O. The van der Waals surface area contributed by atoms with Gasteiger partial charge in [-0.25, -0.2) is 17.8 Å². The van der Waals surface area contributed by atoms with Crippen molar-refractivity contribution in [2.24, 2.45) is 12.0 Å². The second-order valence-corrected chi connectivity index (χ2v) is 9.22. The van der Waals surface area contributed by atoms with E-state index in [0.717, 1.165) is 0 Å². The van der Waals surface area contributed by atoms with Crippen LogP contribution in [0.5, 0.6) is 0 Å². The lowest BCUT2D eigenvalue weighted by molar-refractivity contribution is -0.137. The van der Waals surface area contributed by atoms with Crippen LogP contribution in [-0.2, 0) is 34.6 Å². The number of carboxylic acids is 1. The van der Waals surface area contributed by atoms with E-state index < -0.39 is 21.6 Å². The van der Waals surface area contributed by atoms with Crippen LogP contribution in [0.1, 0.15) is 23.4 Å². The van der Waals surface area contributed by atoms with Gasteiger partial charge in [0, 0.05) is 36.6 Å². The van der Waals surface area contributed by atoms with Crippen molar-refractivity contribution in [2.45, 2.75) is 31.3 Å². The van der Waals surface area contributed by atoms with E-state index in [1.807, 2.05) is 0 Å². The number of fused-ring (bicyclic) bond motifs is 1. The highest BCUT2D eigenvalue weighted by atomic mass is 32.2. The first kappa shape index (κ1) is 21.0. The van der Waals surface area contributed by atoms with E-state index in [1.54, 1.807) is 29.2 Å². The lowest BCUT2D eigenvalue weighted by Gasteiger charge is -2.10. The Kier molecular flexibility index (Phi) is 5.26. The van der Waals surface area contributed by atoms with Crippen molar-refractivity contribution in [3.63, 3.8) is 0 Å². The number of halogens is 1. The summed E-state index contributed by atoms with van der Waals surface area (Å²) < 4.78 is 43.6. The number of hydrogen-bond acceptors (Lipinski definition) is 5. The molecule has 0 bridgehead atoms. The summed E-state index contributed by atoms with van der Waals surface area (Å²) in [5.74, 6) is -1.48. The van der Waals surface area contributed by atoms with Crippen molar-refractivity contribution < 1.29 is 22.7 Å². The van der Waals surface area contributed by atoms with Crippen LogP contribution in [0.2, 0.25) is 0 Å². The zero-order valence-electron chi connectivity index (χ0n) is 17.0. The summed E-state index contributed by atoms with van der Waals surface area (Å²) in [6, 6.07) is 4.15. The summed E-state index contributed by atoms with van der Waals surface area (Å²) in [6.07, 6.45) is 5.48. The number of rotatable bonds is 5. The zero-order valence-corrected chi connectivity index (χ0v) is 17.9. The number of benzene rings is 1. The van der Waals surface area contributed by atoms with Crippen molar-refractivity contribution in [2.75, 3.05) is 6.54 Å². The lowest BCUT2D eigenvalue weighted by Crippen LogP contribution is -2.18. The molecule has 0 saturated heterocycles. The van der Waals surface area contributed by atoms with Crippen molar-refractivity contribution in [3.8, 4) is 0 Å². The molecule has 3 heterocycles. The number of hydrogen-bond donors (Lipinski definition) is 1. The summed E-state index contributed by atoms with van der Waals surface area (Å²) in [7, 11) is -2.24. The molecule has 1 aliphatic heterocycles. The van der Waals surface area contributed by atoms with Crippen molar-refractivity contribution >= 4 is 31.8 Å². The highest BCUT2D eigenvalue weighted by Crippen LogP contribution is 2.31. The number of aliphatic carboxylic acids is 1. The van der Waals surface area contributed by atoms with Gasteiger partial charge < -0.3 is 14.2 Å². The Morgan fingerprint density at radius 3 is 2.77 bits per heavy atom. The predicted molar refractivity (Wildman–Crippen MR) is 114 cm³/mol. The van der Waals surface area contributed by atoms with E-state index >= 15 is 0 Å². The third kappa shape index (κ3) is 3.67. The molecule has 0 atom stereocenters. The average molecular weight is 444 g/mol. The van der Waals surface area contributed by atoms with Crippen molar-refractivity contribution in [3.05, 3.63) is 59.4 Å². The molecule has 0 saturated carbocycles. The third-order valence-corrected chi connectivity index (χ3v) is 7.09. The maximum atomic E-state index is 14.0. The fraction of sp³-hybridized carbons (Fsp3) is 0.286. The van der Waals surface area contributed by atoms with Gasteiger partial charge in [-0.15, -0.1) is 0 Å². The van der Waals surface area contributed by atoms with Gasteiger partial charge in [0.15, 0.2) is 10.1 Å². The number of imidazole rings is 1. The Labute approximate surface area is 178 Å². The summed E-state index contributed by atoms with van der Waals surface area (Å²) >= 11 is 0. The van der Waals surface area contributed by atoms with Crippen LogP contribution in [0.25, 0.3) is 10.9 Å². The molecule has 0 radical (unpaired) electrons. The van der Waals surface area contributed by atoms with Crippen LogP contribution in [0.15, 0.2) is 46.7 Å². The van der Waals surface area contributed by atoms with Gasteiger partial charge >= 0.3 is 5.97 Å². The molecule has 0 spiro atoms. The van der Waals surface area contributed by atoms with Gasteiger partial charge in [-0.1, -0.05) is 6.08 Å². The number of aliphatic imine (C=N–C) groups is 1. The standard InChI is InChI=1S/C21H21FN4O4S/c1-13-15(16-9-14(22)6-7-17(16)26(13)11-20(27)28)10-18-21(24-12-25(18)2)31(29,30)19-5-3-4-8-23-19/h3,5-7,9,12H,4,8,10-11H2,1-2H3,(H,27,28).